The maximum atomic E-state index is 14.0. The summed E-state index contributed by atoms with van der Waals surface area (Å²) in [5.41, 5.74) is 3.03. The number of piperidine rings is 1. The Balaban J connectivity index is 1.45. The van der Waals surface area contributed by atoms with Crippen molar-refractivity contribution in [3.8, 4) is 0 Å². The topological polar surface area (TPSA) is 67.7 Å². The highest BCUT2D eigenvalue weighted by molar-refractivity contribution is 5.77. The van der Waals surface area contributed by atoms with Crippen LogP contribution in [0.15, 0.2) is 48.4 Å². The predicted molar refractivity (Wildman–Crippen MR) is 130 cm³/mol. The van der Waals surface area contributed by atoms with Gasteiger partial charge in [-0.3, -0.25) is 0 Å². The van der Waals surface area contributed by atoms with Gasteiger partial charge < -0.3 is 15.2 Å². The van der Waals surface area contributed by atoms with Gasteiger partial charge in [0.1, 0.15) is 23.0 Å². The van der Waals surface area contributed by atoms with E-state index in [1.807, 2.05) is 19.1 Å². The minimum Gasteiger partial charge on any atom is -0.350 e. The molecule has 6 nitrogen and oxygen atoms in total. The largest absolute Gasteiger partial charge is 0.350 e. The van der Waals surface area contributed by atoms with Gasteiger partial charge in [0.25, 0.3) is 0 Å². The van der Waals surface area contributed by atoms with E-state index < -0.39 is 0 Å². The standard InChI is InChI=1S/C26H30F2N6/c1-17-14-19(6-7-21(17)27)24-32-23-16-31-26(30-15-20-4-2-3-5-22(20)28)33-25(23)34(24)13-10-18-8-11-29-12-9-18/h2-7,16-18,29H,8-15H2,1H3,(H,30,31,33). The second-order valence-electron chi connectivity index (χ2n) is 9.27. The van der Waals surface area contributed by atoms with Crippen LogP contribution in [-0.2, 0) is 13.1 Å². The van der Waals surface area contributed by atoms with E-state index in [0.29, 0.717) is 35.9 Å². The van der Waals surface area contributed by atoms with Crippen LogP contribution in [0.4, 0.5) is 14.7 Å². The molecule has 34 heavy (non-hydrogen) atoms. The number of allylic oxidation sites excluding steroid dienone is 4. The van der Waals surface area contributed by atoms with Gasteiger partial charge in [-0.05, 0) is 62.4 Å². The molecule has 1 aromatic carbocycles. The third-order valence-corrected chi connectivity index (χ3v) is 6.83. The minimum absolute atomic E-state index is 0.0967. The lowest BCUT2D eigenvalue weighted by molar-refractivity contribution is 0.338. The number of hydrogen-bond acceptors (Lipinski definition) is 5. The van der Waals surface area contributed by atoms with Crippen molar-refractivity contribution in [3.63, 3.8) is 0 Å². The van der Waals surface area contributed by atoms with E-state index in [0.717, 1.165) is 43.1 Å². The molecule has 0 bridgehead atoms. The third-order valence-electron chi connectivity index (χ3n) is 6.83. The third kappa shape index (κ3) is 4.87. The number of hydrogen-bond donors (Lipinski definition) is 2. The van der Waals surface area contributed by atoms with E-state index >= 15 is 0 Å². The SMILES string of the molecule is CC1CC(c2nc3cnc(NCc4ccccc4F)nc3n2CCC2CCNCC2)=CC=C1F. The van der Waals surface area contributed by atoms with Crippen LogP contribution in [-0.4, -0.2) is 32.6 Å². The van der Waals surface area contributed by atoms with Gasteiger partial charge in [0.2, 0.25) is 5.95 Å². The smallest absolute Gasteiger partial charge is 0.225 e. The molecule has 5 rings (SSSR count). The number of nitrogens with one attached hydrogen (secondary N) is 2. The summed E-state index contributed by atoms with van der Waals surface area (Å²) in [6.07, 6.45) is 9.06. The number of anilines is 1. The van der Waals surface area contributed by atoms with Gasteiger partial charge in [0, 0.05) is 24.6 Å². The van der Waals surface area contributed by atoms with Crippen LogP contribution in [0.5, 0.6) is 0 Å². The second-order valence-corrected chi connectivity index (χ2v) is 9.27. The molecule has 8 heteroatoms. The van der Waals surface area contributed by atoms with Crippen molar-refractivity contribution in [2.24, 2.45) is 11.8 Å². The summed E-state index contributed by atoms with van der Waals surface area (Å²) in [7, 11) is 0. The number of benzene rings is 1. The average molecular weight is 465 g/mol. The van der Waals surface area contributed by atoms with E-state index in [9.17, 15) is 8.78 Å². The van der Waals surface area contributed by atoms with Crippen molar-refractivity contribution in [2.75, 3.05) is 18.4 Å². The first-order valence-electron chi connectivity index (χ1n) is 12.1. The number of nitrogens with zero attached hydrogens (tertiary/aromatic N) is 4. The molecule has 1 atom stereocenters. The molecule has 2 aliphatic rings. The number of aromatic nitrogens is 4. The Bertz CT molecular complexity index is 1230. The van der Waals surface area contributed by atoms with Gasteiger partial charge >= 0.3 is 0 Å². The maximum Gasteiger partial charge on any atom is 0.225 e. The zero-order valence-electron chi connectivity index (χ0n) is 19.4. The molecule has 1 unspecified atom stereocenters. The van der Waals surface area contributed by atoms with Crippen LogP contribution >= 0.6 is 0 Å². The van der Waals surface area contributed by atoms with E-state index in [4.69, 9.17) is 9.97 Å². The van der Waals surface area contributed by atoms with Gasteiger partial charge in [0.05, 0.1) is 6.20 Å². The predicted octanol–water partition coefficient (Wildman–Crippen LogP) is 5.24. The number of halogens is 2. The highest BCUT2D eigenvalue weighted by atomic mass is 19.1. The fourth-order valence-corrected chi connectivity index (χ4v) is 4.76. The van der Waals surface area contributed by atoms with Gasteiger partial charge in [-0.1, -0.05) is 31.2 Å². The zero-order chi connectivity index (χ0) is 23.5. The molecule has 1 fully saturated rings. The van der Waals surface area contributed by atoms with Gasteiger partial charge in [0.15, 0.2) is 5.65 Å². The molecular formula is C26H30F2N6. The summed E-state index contributed by atoms with van der Waals surface area (Å²) in [6, 6.07) is 6.67. The molecule has 2 N–H and O–H groups in total. The average Bonchev–Trinajstić information content (AvgIpc) is 3.22. The molecule has 0 amide bonds. The van der Waals surface area contributed by atoms with E-state index in [1.165, 1.54) is 18.9 Å². The Kier molecular flexibility index (Phi) is 6.67. The van der Waals surface area contributed by atoms with E-state index in [1.54, 1.807) is 24.4 Å². The lowest BCUT2D eigenvalue weighted by Crippen LogP contribution is -2.28. The highest BCUT2D eigenvalue weighted by Crippen LogP contribution is 2.33. The molecule has 0 spiro atoms. The fraction of sp³-hybridized carbons (Fsp3) is 0.423. The molecular weight excluding hydrogens is 434 g/mol. The summed E-state index contributed by atoms with van der Waals surface area (Å²) < 4.78 is 30.2. The quantitative estimate of drug-likeness (QED) is 0.500. The molecule has 1 saturated heterocycles. The lowest BCUT2D eigenvalue weighted by Gasteiger charge is -2.23. The number of fused-ring (bicyclic) bond motifs is 1. The van der Waals surface area contributed by atoms with Crippen molar-refractivity contribution < 1.29 is 8.78 Å². The molecule has 1 aliphatic heterocycles. The molecule has 0 radical (unpaired) electrons. The Hall–Kier alpha value is -3.13. The van der Waals surface area contributed by atoms with Crippen molar-refractivity contribution >= 4 is 22.7 Å². The summed E-state index contributed by atoms with van der Waals surface area (Å²) in [5.74, 6) is 1.40. The van der Waals surface area contributed by atoms with Gasteiger partial charge in [-0.2, -0.15) is 4.98 Å². The first-order chi connectivity index (χ1) is 16.6. The summed E-state index contributed by atoms with van der Waals surface area (Å²) in [4.78, 5) is 14.0. The molecule has 3 aromatic rings. The second kappa shape index (κ2) is 10.0. The first kappa shape index (κ1) is 22.7. The molecule has 1 aliphatic carbocycles. The Morgan fingerprint density at radius 2 is 1.94 bits per heavy atom. The minimum atomic E-state index is -0.260. The highest BCUT2D eigenvalue weighted by Gasteiger charge is 2.23. The van der Waals surface area contributed by atoms with Crippen LogP contribution in [0.25, 0.3) is 16.7 Å². The molecule has 0 saturated carbocycles. The maximum absolute atomic E-state index is 14.0. The van der Waals surface area contributed by atoms with Crippen molar-refractivity contribution in [3.05, 3.63) is 65.6 Å². The number of imidazole rings is 1. The molecule has 178 valence electrons. The lowest BCUT2D eigenvalue weighted by atomic mass is 9.93. The van der Waals surface area contributed by atoms with Crippen LogP contribution in [0, 0.1) is 17.7 Å². The van der Waals surface area contributed by atoms with E-state index in [-0.39, 0.29) is 17.6 Å². The van der Waals surface area contributed by atoms with Crippen molar-refractivity contribution in [1.82, 2.24) is 24.8 Å². The number of rotatable bonds is 7. The summed E-state index contributed by atoms with van der Waals surface area (Å²) in [6.45, 7) is 5.09. The zero-order valence-corrected chi connectivity index (χ0v) is 19.4. The Morgan fingerprint density at radius 3 is 2.74 bits per heavy atom. The van der Waals surface area contributed by atoms with Crippen LogP contribution in [0.1, 0.15) is 44.0 Å². The van der Waals surface area contributed by atoms with Gasteiger partial charge in [-0.25, -0.2) is 18.7 Å². The van der Waals surface area contributed by atoms with Crippen LogP contribution in [0.3, 0.4) is 0 Å². The molecule has 3 heterocycles. The number of aryl methyl sites for hydroxylation is 1. The molecule has 2 aromatic heterocycles. The normalized spacial score (nSPS) is 19.2. The summed E-state index contributed by atoms with van der Waals surface area (Å²) >= 11 is 0. The van der Waals surface area contributed by atoms with E-state index in [2.05, 4.69) is 20.2 Å². The fourth-order valence-electron chi connectivity index (χ4n) is 4.76. The van der Waals surface area contributed by atoms with Crippen LogP contribution < -0.4 is 10.6 Å². The Morgan fingerprint density at radius 1 is 1.12 bits per heavy atom. The van der Waals surface area contributed by atoms with Gasteiger partial charge in [-0.15, -0.1) is 0 Å². The van der Waals surface area contributed by atoms with Crippen molar-refractivity contribution in [1.29, 1.82) is 0 Å². The first-order valence-corrected chi connectivity index (χ1v) is 12.1. The Labute approximate surface area is 198 Å². The summed E-state index contributed by atoms with van der Waals surface area (Å²) in [5, 5.41) is 6.57. The van der Waals surface area contributed by atoms with Crippen LogP contribution in [0.2, 0.25) is 0 Å². The monoisotopic (exact) mass is 464 g/mol. The van der Waals surface area contributed by atoms with Crippen molar-refractivity contribution in [2.45, 2.75) is 45.7 Å².